The van der Waals surface area contributed by atoms with Crippen LogP contribution in [0.1, 0.15) is 11.1 Å². The smallest absolute Gasteiger partial charge is 0.282 e. The number of para-hydroxylation sites is 1. The van der Waals surface area contributed by atoms with Gasteiger partial charge in [-0.25, -0.2) is 9.40 Å². The van der Waals surface area contributed by atoms with E-state index in [0.29, 0.717) is 22.6 Å². The Kier molecular flexibility index (Phi) is 5.32. The van der Waals surface area contributed by atoms with Crippen LogP contribution in [0.4, 0.5) is 10.1 Å². The summed E-state index contributed by atoms with van der Waals surface area (Å²) in [5.41, 5.74) is 4.47. The predicted octanol–water partition coefficient (Wildman–Crippen LogP) is 5.02. The predicted molar refractivity (Wildman–Crippen MR) is 125 cm³/mol. The Hall–Kier alpha value is -4.45. The van der Waals surface area contributed by atoms with Gasteiger partial charge >= 0.3 is 0 Å². The van der Waals surface area contributed by atoms with Crippen molar-refractivity contribution >= 4 is 34.4 Å². The maximum Gasteiger partial charge on any atom is 0.282 e. The number of rotatable bonds is 5. The number of amides is 2. The summed E-state index contributed by atoms with van der Waals surface area (Å²) in [5, 5.41) is 3.00. The molecule has 1 aliphatic rings. The van der Waals surface area contributed by atoms with Crippen molar-refractivity contribution in [3.8, 4) is 5.75 Å². The Labute approximate surface area is 189 Å². The van der Waals surface area contributed by atoms with Crippen LogP contribution in [0.2, 0.25) is 0 Å². The molecule has 0 spiro atoms. The van der Waals surface area contributed by atoms with Gasteiger partial charge in [0.05, 0.1) is 5.69 Å². The van der Waals surface area contributed by atoms with Crippen LogP contribution in [-0.4, -0.2) is 11.8 Å². The molecule has 1 N–H and O–H groups in total. The molecule has 0 saturated carbocycles. The third kappa shape index (κ3) is 4.06. The van der Waals surface area contributed by atoms with Crippen LogP contribution in [0.3, 0.4) is 0 Å². The fourth-order valence-corrected chi connectivity index (χ4v) is 3.80. The molecule has 0 radical (unpaired) electrons. The number of carbonyl (C=O) groups excluding carboxylic acids is 2. The monoisotopic (exact) mass is 438 g/mol. The Bertz CT molecular complexity index is 1400. The van der Waals surface area contributed by atoms with Gasteiger partial charge in [-0.3, -0.25) is 15.0 Å². The molecule has 2 amide bonds. The van der Waals surface area contributed by atoms with E-state index in [0.717, 1.165) is 10.8 Å². The van der Waals surface area contributed by atoms with Gasteiger partial charge in [-0.15, -0.1) is 0 Å². The Morgan fingerprint density at radius 1 is 0.879 bits per heavy atom. The summed E-state index contributed by atoms with van der Waals surface area (Å²) in [7, 11) is 0. The van der Waals surface area contributed by atoms with Crippen LogP contribution in [0.5, 0.6) is 5.75 Å². The van der Waals surface area contributed by atoms with E-state index < -0.39 is 11.8 Å². The van der Waals surface area contributed by atoms with E-state index in [1.165, 1.54) is 17.1 Å². The second-order valence-electron chi connectivity index (χ2n) is 7.59. The molecule has 0 aromatic heterocycles. The first-order valence-electron chi connectivity index (χ1n) is 10.4. The molecule has 6 heteroatoms. The first-order chi connectivity index (χ1) is 16.1. The molecule has 5 rings (SSSR count). The van der Waals surface area contributed by atoms with Crippen molar-refractivity contribution < 1.29 is 18.7 Å². The standard InChI is InChI=1S/C27H19FN2O3/c28-20-9-6-7-18(15-20)17-33-25-14-13-19-8-4-5-12-22(19)23(25)16-24-26(31)29-30(27(24)32)21-10-2-1-3-11-21/h1-16H,17H2,(H,29,31). The Morgan fingerprint density at radius 3 is 2.48 bits per heavy atom. The number of ether oxygens (including phenoxy) is 1. The largest absolute Gasteiger partial charge is 0.488 e. The topological polar surface area (TPSA) is 58.6 Å². The van der Waals surface area contributed by atoms with Crippen molar-refractivity contribution in [1.82, 2.24) is 5.43 Å². The van der Waals surface area contributed by atoms with Crippen molar-refractivity contribution in [3.05, 3.63) is 114 Å². The molecule has 162 valence electrons. The molecule has 0 aliphatic carbocycles. The molecule has 4 aromatic carbocycles. The minimum Gasteiger partial charge on any atom is -0.488 e. The quantitative estimate of drug-likeness (QED) is 0.352. The lowest BCUT2D eigenvalue weighted by Crippen LogP contribution is -2.35. The molecule has 1 fully saturated rings. The lowest BCUT2D eigenvalue weighted by Gasteiger charge is -2.14. The summed E-state index contributed by atoms with van der Waals surface area (Å²) in [6.45, 7) is 0.141. The summed E-state index contributed by atoms with van der Waals surface area (Å²) in [6.07, 6.45) is 1.56. The average Bonchev–Trinajstić information content (AvgIpc) is 3.12. The molecule has 4 aromatic rings. The summed E-state index contributed by atoms with van der Waals surface area (Å²) in [5.74, 6) is -0.793. The molecule has 0 unspecified atom stereocenters. The second-order valence-corrected chi connectivity index (χ2v) is 7.59. The number of nitrogens with zero attached hydrogens (tertiary/aromatic N) is 1. The van der Waals surface area contributed by atoms with Crippen molar-refractivity contribution in [1.29, 1.82) is 0 Å². The van der Waals surface area contributed by atoms with Crippen molar-refractivity contribution in [2.75, 3.05) is 5.01 Å². The maximum absolute atomic E-state index is 13.6. The number of benzene rings is 4. The number of halogens is 1. The molecule has 0 bridgehead atoms. The normalized spacial score (nSPS) is 14.7. The highest BCUT2D eigenvalue weighted by Crippen LogP contribution is 2.32. The van der Waals surface area contributed by atoms with Gasteiger partial charge in [0.15, 0.2) is 0 Å². The lowest BCUT2D eigenvalue weighted by molar-refractivity contribution is -0.117. The molecule has 1 aliphatic heterocycles. The van der Waals surface area contributed by atoms with Crippen LogP contribution in [0.15, 0.2) is 96.6 Å². The molecular weight excluding hydrogens is 419 g/mol. The summed E-state index contributed by atoms with van der Waals surface area (Å²) in [4.78, 5) is 25.8. The minimum absolute atomic E-state index is 0.00538. The maximum atomic E-state index is 13.6. The summed E-state index contributed by atoms with van der Waals surface area (Å²) < 4.78 is 19.6. The van der Waals surface area contributed by atoms with Gasteiger partial charge in [-0.1, -0.05) is 60.7 Å². The average molecular weight is 438 g/mol. The summed E-state index contributed by atoms with van der Waals surface area (Å²) >= 11 is 0. The molecule has 5 nitrogen and oxygen atoms in total. The van der Waals surface area contributed by atoms with Crippen LogP contribution in [-0.2, 0) is 16.2 Å². The van der Waals surface area contributed by atoms with Gasteiger partial charge in [0.25, 0.3) is 11.8 Å². The summed E-state index contributed by atoms with van der Waals surface area (Å²) in [6, 6.07) is 26.4. The number of nitrogens with one attached hydrogen (secondary N) is 1. The molecular formula is C27H19FN2O3. The lowest BCUT2D eigenvalue weighted by atomic mass is 10.0. The third-order valence-corrected chi connectivity index (χ3v) is 5.41. The zero-order chi connectivity index (χ0) is 22.8. The molecule has 1 heterocycles. The first kappa shape index (κ1) is 20.5. The molecule has 33 heavy (non-hydrogen) atoms. The van der Waals surface area contributed by atoms with Crippen molar-refractivity contribution in [2.45, 2.75) is 6.61 Å². The Balaban J connectivity index is 1.55. The highest BCUT2D eigenvalue weighted by atomic mass is 19.1. The number of hydrazine groups is 1. The van der Waals surface area contributed by atoms with E-state index in [1.54, 1.807) is 48.5 Å². The van der Waals surface area contributed by atoms with E-state index in [4.69, 9.17) is 4.74 Å². The van der Waals surface area contributed by atoms with Crippen LogP contribution in [0.25, 0.3) is 16.8 Å². The number of anilines is 1. The van der Waals surface area contributed by atoms with E-state index >= 15 is 0 Å². The highest BCUT2D eigenvalue weighted by Gasteiger charge is 2.34. The van der Waals surface area contributed by atoms with Gasteiger partial charge in [0.1, 0.15) is 23.7 Å². The van der Waals surface area contributed by atoms with E-state index in [9.17, 15) is 14.0 Å². The third-order valence-electron chi connectivity index (χ3n) is 5.41. The zero-order valence-corrected chi connectivity index (χ0v) is 17.5. The second kappa shape index (κ2) is 8.59. The highest BCUT2D eigenvalue weighted by molar-refractivity contribution is 6.32. The fourth-order valence-electron chi connectivity index (χ4n) is 3.80. The molecule has 0 atom stereocenters. The SMILES string of the molecule is O=C1NN(c2ccccc2)C(=O)C1=Cc1c(OCc2cccc(F)c2)ccc2ccccc12. The molecule has 1 saturated heterocycles. The van der Waals surface area contributed by atoms with Gasteiger partial charge in [0.2, 0.25) is 0 Å². The number of fused-ring (bicyclic) bond motifs is 1. The van der Waals surface area contributed by atoms with Crippen molar-refractivity contribution in [3.63, 3.8) is 0 Å². The van der Waals surface area contributed by atoms with E-state index in [-0.39, 0.29) is 18.0 Å². The van der Waals surface area contributed by atoms with Crippen LogP contribution >= 0.6 is 0 Å². The first-order valence-corrected chi connectivity index (χ1v) is 10.4. The van der Waals surface area contributed by atoms with E-state index in [2.05, 4.69) is 5.43 Å². The minimum atomic E-state index is -0.493. The van der Waals surface area contributed by atoms with Gasteiger partial charge in [0, 0.05) is 5.56 Å². The fraction of sp³-hybridized carbons (Fsp3) is 0.0370. The number of carbonyl (C=O) groups is 2. The van der Waals surface area contributed by atoms with Gasteiger partial charge in [-0.05, 0) is 52.7 Å². The van der Waals surface area contributed by atoms with Crippen LogP contribution < -0.4 is 15.2 Å². The number of hydrogen-bond donors (Lipinski definition) is 1. The van der Waals surface area contributed by atoms with Crippen LogP contribution in [0, 0.1) is 5.82 Å². The van der Waals surface area contributed by atoms with Gasteiger partial charge in [-0.2, -0.15) is 0 Å². The van der Waals surface area contributed by atoms with Gasteiger partial charge < -0.3 is 4.74 Å². The van der Waals surface area contributed by atoms with E-state index in [1.807, 2.05) is 36.4 Å². The van der Waals surface area contributed by atoms with Crippen molar-refractivity contribution in [2.24, 2.45) is 0 Å². The zero-order valence-electron chi connectivity index (χ0n) is 17.5. The Morgan fingerprint density at radius 2 is 1.67 bits per heavy atom. The number of hydrogen-bond acceptors (Lipinski definition) is 3.